The van der Waals surface area contributed by atoms with Crippen molar-refractivity contribution in [2.24, 2.45) is 5.41 Å². The quantitative estimate of drug-likeness (QED) is 0.734. The van der Waals surface area contributed by atoms with Crippen molar-refractivity contribution >= 4 is 5.91 Å². The normalized spacial score (nSPS) is 29.9. The molecule has 1 unspecified atom stereocenters. The largest absolute Gasteiger partial charge is 0.331 e. The number of rotatable bonds is 3. The van der Waals surface area contributed by atoms with Crippen LogP contribution in [0.2, 0.25) is 0 Å². The Balaban J connectivity index is 1.29. The summed E-state index contributed by atoms with van der Waals surface area (Å²) in [5.41, 5.74) is 1.18. The molecule has 0 N–H and O–H groups in total. The number of amides is 1. The predicted octanol–water partition coefficient (Wildman–Crippen LogP) is 3.47. The number of carbonyl (C=O) groups excluding carboxylic acids is 1. The summed E-state index contributed by atoms with van der Waals surface area (Å²) in [6, 6.07) is 5.73. The molecule has 5 heteroatoms. The van der Waals surface area contributed by atoms with Crippen LogP contribution in [-0.4, -0.2) is 70.9 Å². The van der Waals surface area contributed by atoms with Crippen molar-refractivity contribution in [3.8, 4) is 0 Å². The number of β-lactam (4-membered cyclic amide) rings is 1. The topological polar surface area (TPSA) is 39.7 Å². The fourth-order valence-electron chi connectivity index (χ4n) is 6.65. The second-order valence-corrected chi connectivity index (χ2v) is 9.91. The van der Waals surface area contributed by atoms with E-state index in [1.807, 2.05) is 12.4 Å². The predicted molar refractivity (Wildman–Crippen MR) is 114 cm³/mol. The zero-order chi connectivity index (χ0) is 19.8. The van der Waals surface area contributed by atoms with Crippen LogP contribution in [0.15, 0.2) is 24.5 Å². The van der Waals surface area contributed by atoms with E-state index in [1.54, 1.807) is 0 Å². The summed E-state index contributed by atoms with van der Waals surface area (Å²) in [7, 11) is 2.23. The highest BCUT2D eigenvalue weighted by molar-refractivity contribution is 5.91. The van der Waals surface area contributed by atoms with Crippen LogP contribution in [0.1, 0.15) is 69.4 Å². The van der Waals surface area contributed by atoms with Gasteiger partial charge in [0.05, 0.1) is 11.5 Å². The lowest BCUT2D eigenvalue weighted by Crippen LogP contribution is -2.68. The van der Waals surface area contributed by atoms with Crippen molar-refractivity contribution in [2.75, 3.05) is 33.2 Å². The third-order valence-electron chi connectivity index (χ3n) is 8.33. The third-order valence-corrected chi connectivity index (χ3v) is 8.33. The van der Waals surface area contributed by atoms with Crippen LogP contribution in [0.5, 0.6) is 0 Å². The zero-order valence-corrected chi connectivity index (χ0v) is 17.9. The minimum Gasteiger partial charge on any atom is -0.331 e. The molecule has 1 aromatic heterocycles. The Morgan fingerprint density at radius 3 is 2.17 bits per heavy atom. The summed E-state index contributed by atoms with van der Waals surface area (Å²) in [6.45, 7) is 4.75. The molecule has 0 bridgehead atoms. The van der Waals surface area contributed by atoms with Crippen molar-refractivity contribution in [2.45, 2.75) is 75.9 Å². The van der Waals surface area contributed by atoms with Crippen LogP contribution in [0.3, 0.4) is 0 Å². The highest BCUT2D eigenvalue weighted by atomic mass is 16.2. The van der Waals surface area contributed by atoms with E-state index in [1.165, 1.54) is 50.8 Å². The maximum atomic E-state index is 13.5. The minimum absolute atomic E-state index is 0.120. The number of likely N-dealkylation sites (tertiary alicyclic amines) is 3. The monoisotopic (exact) mass is 396 g/mol. The van der Waals surface area contributed by atoms with Gasteiger partial charge in [-0.05, 0) is 76.4 Å². The van der Waals surface area contributed by atoms with E-state index in [9.17, 15) is 4.79 Å². The number of pyridine rings is 1. The number of nitrogens with zero attached hydrogens (tertiary/aromatic N) is 4. The molecule has 1 aromatic rings. The molecule has 0 aromatic carbocycles. The van der Waals surface area contributed by atoms with E-state index in [-0.39, 0.29) is 11.5 Å². The van der Waals surface area contributed by atoms with Crippen LogP contribution < -0.4 is 0 Å². The molecular formula is C24H36N4O. The fraction of sp³-hybridized carbons (Fsp3) is 0.750. The lowest BCUT2D eigenvalue weighted by atomic mass is 9.59. The smallest absolute Gasteiger partial charge is 0.232 e. The van der Waals surface area contributed by atoms with E-state index >= 15 is 0 Å². The van der Waals surface area contributed by atoms with Gasteiger partial charge in [0.15, 0.2) is 0 Å². The third kappa shape index (κ3) is 3.40. The van der Waals surface area contributed by atoms with Gasteiger partial charge in [-0.2, -0.15) is 0 Å². The van der Waals surface area contributed by atoms with Crippen LogP contribution in [0.4, 0.5) is 0 Å². The van der Waals surface area contributed by atoms with Crippen molar-refractivity contribution in [1.29, 1.82) is 0 Å². The van der Waals surface area contributed by atoms with Crippen LogP contribution in [0.25, 0.3) is 0 Å². The molecule has 1 aliphatic carbocycles. The molecular weight excluding hydrogens is 360 g/mol. The molecule has 3 saturated heterocycles. The molecule has 158 valence electrons. The first kappa shape index (κ1) is 19.5. The van der Waals surface area contributed by atoms with Gasteiger partial charge < -0.3 is 14.7 Å². The summed E-state index contributed by atoms with van der Waals surface area (Å²) in [4.78, 5) is 25.2. The Bertz CT molecular complexity index is 701. The Kier molecular flexibility index (Phi) is 5.37. The van der Waals surface area contributed by atoms with Crippen molar-refractivity contribution in [3.63, 3.8) is 0 Å². The Morgan fingerprint density at radius 1 is 0.897 bits per heavy atom. The van der Waals surface area contributed by atoms with Gasteiger partial charge in [0.2, 0.25) is 5.91 Å². The summed E-state index contributed by atoms with van der Waals surface area (Å²) in [5.74, 6) is 0.455. The van der Waals surface area contributed by atoms with E-state index in [4.69, 9.17) is 0 Å². The van der Waals surface area contributed by atoms with Gasteiger partial charge in [-0.1, -0.05) is 19.3 Å². The molecule has 4 heterocycles. The summed E-state index contributed by atoms with van der Waals surface area (Å²) in [6.07, 6.45) is 14.5. The average Bonchev–Trinajstić information content (AvgIpc) is 2.79. The first-order valence-electron chi connectivity index (χ1n) is 11.8. The molecule has 5 rings (SSSR count). The maximum absolute atomic E-state index is 13.5. The summed E-state index contributed by atoms with van der Waals surface area (Å²) >= 11 is 0. The highest BCUT2D eigenvalue weighted by Gasteiger charge is 2.62. The Hall–Kier alpha value is -1.46. The van der Waals surface area contributed by atoms with Crippen molar-refractivity contribution in [1.82, 2.24) is 19.7 Å². The van der Waals surface area contributed by atoms with E-state index < -0.39 is 0 Å². The molecule has 1 amide bonds. The maximum Gasteiger partial charge on any atom is 0.232 e. The Labute approximate surface area is 175 Å². The van der Waals surface area contributed by atoms with Crippen LogP contribution in [0, 0.1) is 5.41 Å². The van der Waals surface area contributed by atoms with Gasteiger partial charge in [-0.15, -0.1) is 0 Å². The molecule has 4 aliphatic rings. The molecule has 3 aliphatic heterocycles. The van der Waals surface area contributed by atoms with Crippen molar-refractivity contribution in [3.05, 3.63) is 30.1 Å². The standard InChI is InChI=1S/C24H36N4O/c1-26-15-7-20(8-16-26)27-17-9-21(10-18-27)28-22(19-5-13-25-14-6-19)24(23(28)29)11-3-2-4-12-24/h5-6,13-14,20-22H,2-4,7-12,15-18H2,1H3. The van der Waals surface area contributed by atoms with Gasteiger partial charge in [0.25, 0.3) is 0 Å². The second kappa shape index (κ2) is 7.99. The van der Waals surface area contributed by atoms with Crippen molar-refractivity contribution < 1.29 is 4.79 Å². The average molecular weight is 397 g/mol. The van der Waals surface area contributed by atoms with Crippen LogP contribution >= 0.6 is 0 Å². The number of hydrogen-bond acceptors (Lipinski definition) is 4. The number of piperidine rings is 2. The number of hydrogen-bond donors (Lipinski definition) is 0. The van der Waals surface area contributed by atoms with Gasteiger partial charge in [-0.3, -0.25) is 9.78 Å². The molecule has 1 spiro atoms. The van der Waals surface area contributed by atoms with Gasteiger partial charge in [-0.25, -0.2) is 0 Å². The van der Waals surface area contributed by atoms with Crippen LogP contribution in [-0.2, 0) is 4.79 Å². The molecule has 5 nitrogen and oxygen atoms in total. The zero-order valence-electron chi connectivity index (χ0n) is 17.9. The molecule has 1 atom stereocenters. The highest BCUT2D eigenvalue weighted by Crippen LogP contribution is 2.59. The van der Waals surface area contributed by atoms with E-state index in [0.717, 1.165) is 44.8 Å². The SMILES string of the molecule is CN1CCC(N2CCC(N3C(=O)C4(CCCCC4)C3c3ccncc3)CC2)CC1. The minimum atomic E-state index is -0.120. The van der Waals surface area contributed by atoms with Gasteiger partial charge in [0, 0.05) is 37.6 Å². The summed E-state index contributed by atoms with van der Waals surface area (Å²) in [5, 5.41) is 0. The van der Waals surface area contributed by atoms with Gasteiger partial charge in [0.1, 0.15) is 0 Å². The Morgan fingerprint density at radius 2 is 1.52 bits per heavy atom. The lowest BCUT2D eigenvalue weighted by molar-refractivity contribution is -0.187. The second-order valence-electron chi connectivity index (χ2n) is 9.91. The van der Waals surface area contributed by atoms with Gasteiger partial charge >= 0.3 is 0 Å². The number of aromatic nitrogens is 1. The number of carbonyl (C=O) groups is 1. The fourth-order valence-corrected chi connectivity index (χ4v) is 6.65. The molecule has 4 fully saturated rings. The molecule has 29 heavy (non-hydrogen) atoms. The first-order chi connectivity index (χ1) is 14.2. The molecule has 1 saturated carbocycles. The summed E-state index contributed by atoms with van der Waals surface area (Å²) < 4.78 is 0. The first-order valence-corrected chi connectivity index (χ1v) is 11.8. The molecule has 0 radical (unpaired) electrons. The lowest BCUT2D eigenvalue weighted by Gasteiger charge is -2.61. The van der Waals surface area contributed by atoms with E-state index in [2.05, 4.69) is 38.9 Å². The van der Waals surface area contributed by atoms with E-state index in [0.29, 0.717) is 11.9 Å².